The van der Waals surface area contributed by atoms with Gasteiger partial charge in [0.2, 0.25) is 0 Å². The van der Waals surface area contributed by atoms with Gasteiger partial charge in [-0.2, -0.15) is 0 Å². The van der Waals surface area contributed by atoms with Crippen LogP contribution in [0, 0.1) is 0 Å². The molecule has 0 bridgehead atoms. The first kappa shape index (κ1) is 14.9. The maximum Gasteiger partial charge on any atom is 0.338 e. The topological polar surface area (TPSA) is 85.2 Å². The van der Waals surface area contributed by atoms with Crippen molar-refractivity contribution in [3.05, 3.63) is 35.9 Å². The van der Waals surface area contributed by atoms with Crippen molar-refractivity contribution in [3.63, 3.8) is 0 Å². The van der Waals surface area contributed by atoms with Gasteiger partial charge in [0.25, 0.3) is 0 Å². The van der Waals surface area contributed by atoms with E-state index in [1.54, 1.807) is 37.3 Å². The lowest BCUT2D eigenvalue weighted by atomic mass is 9.99. The summed E-state index contributed by atoms with van der Waals surface area (Å²) in [5, 5.41) is 19.8. The summed E-state index contributed by atoms with van der Waals surface area (Å²) in [6, 6.07) is 8.42. The van der Waals surface area contributed by atoms with Crippen LogP contribution < -0.4 is 0 Å². The number of carbonyl (C=O) groups is 1. The van der Waals surface area contributed by atoms with Crippen LogP contribution in [0.2, 0.25) is 0 Å². The normalized spacial score (nSPS) is 33.7. The third kappa shape index (κ3) is 2.99. The Morgan fingerprint density at radius 2 is 1.85 bits per heavy atom. The fourth-order valence-electron chi connectivity index (χ4n) is 2.13. The Balaban J connectivity index is 2.07. The number of rotatable bonds is 3. The summed E-state index contributed by atoms with van der Waals surface area (Å²) in [6.45, 7) is 1.64. The van der Waals surface area contributed by atoms with Crippen molar-refractivity contribution < 1.29 is 29.2 Å². The van der Waals surface area contributed by atoms with Gasteiger partial charge in [-0.15, -0.1) is 0 Å². The summed E-state index contributed by atoms with van der Waals surface area (Å²) in [7, 11) is 1.36. The van der Waals surface area contributed by atoms with Gasteiger partial charge in [-0.25, -0.2) is 4.79 Å². The fourth-order valence-corrected chi connectivity index (χ4v) is 2.13. The molecule has 1 fully saturated rings. The average molecular weight is 282 g/mol. The molecule has 0 unspecified atom stereocenters. The zero-order chi connectivity index (χ0) is 14.7. The molecule has 1 aliphatic heterocycles. The third-order valence-electron chi connectivity index (χ3n) is 3.26. The molecule has 0 spiro atoms. The minimum absolute atomic E-state index is 0.371. The van der Waals surface area contributed by atoms with E-state index < -0.39 is 36.7 Å². The Bertz CT molecular complexity index is 448. The van der Waals surface area contributed by atoms with E-state index in [1.807, 2.05) is 0 Å². The van der Waals surface area contributed by atoms with Crippen molar-refractivity contribution in [1.82, 2.24) is 0 Å². The molecule has 0 aliphatic carbocycles. The van der Waals surface area contributed by atoms with Gasteiger partial charge in [0.1, 0.15) is 12.2 Å². The molecule has 1 aliphatic rings. The predicted molar refractivity (Wildman–Crippen MR) is 69.0 cm³/mol. The quantitative estimate of drug-likeness (QED) is 0.777. The van der Waals surface area contributed by atoms with Crippen molar-refractivity contribution in [2.75, 3.05) is 7.11 Å². The minimum Gasteiger partial charge on any atom is -0.453 e. The van der Waals surface area contributed by atoms with Crippen LogP contribution in [0.1, 0.15) is 17.3 Å². The zero-order valence-electron chi connectivity index (χ0n) is 11.3. The number of hydrogen-bond donors (Lipinski definition) is 2. The van der Waals surface area contributed by atoms with Gasteiger partial charge in [-0.05, 0) is 19.1 Å². The van der Waals surface area contributed by atoms with Gasteiger partial charge in [0.15, 0.2) is 12.4 Å². The van der Waals surface area contributed by atoms with E-state index >= 15 is 0 Å². The highest BCUT2D eigenvalue weighted by Gasteiger charge is 2.45. The van der Waals surface area contributed by atoms with Crippen LogP contribution in [0.5, 0.6) is 0 Å². The van der Waals surface area contributed by atoms with E-state index in [2.05, 4.69) is 0 Å². The highest BCUT2D eigenvalue weighted by Crippen LogP contribution is 2.24. The minimum atomic E-state index is -1.27. The molecule has 1 aromatic rings. The lowest BCUT2D eigenvalue weighted by molar-refractivity contribution is -0.285. The van der Waals surface area contributed by atoms with Gasteiger partial charge >= 0.3 is 5.97 Å². The number of carbonyl (C=O) groups excluding carboxylic acids is 1. The highest BCUT2D eigenvalue weighted by atomic mass is 16.7. The zero-order valence-corrected chi connectivity index (χ0v) is 11.3. The molecule has 110 valence electrons. The first-order valence-electron chi connectivity index (χ1n) is 6.35. The molecule has 1 saturated heterocycles. The lowest BCUT2D eigenvalue weighted by Crippen LogP contribution is -2.58. The van der Waals surface area contributed by atoms with Gasteiger partial charge in [0.05, 0.1) is 11.7 Å². The van der Waals surface area contributed by atoms with Crippen LogP contribution in [-0.4, -0.2) is 54.0 Å². The largest absolute Gasteiger partial charge is 0.453 e. The summed E-state index contributed by atoms with van der Waals surface area (Å²) >= 11 is 0. The molecule has 0 saturated carbocycles. The van der Waals surface area contributed by atoms with Gasteiger partial charge < -0.3 is 24.4 Å². The van der Waals surface area contributed by atoms with E-state index in [9.17, 15) is 15.0 Å². The molecule has 1 aromatic carbocycles. The van der Waals surface area contributed by atoms with Crippen molar-refractivity contribution >= 4 is 5.97 Å². The summed E-state index contributed by atoms with van der Waals surface area (Å²) in [4.78, 5) is 12.0. The third-order valence-corrected chi connectivity index (χ3v) is 3.26. The van der Waals surface area contributed by atoms with Crippen LogP contribution >= 0.6 is 0 Å². The van der Waals surface area contributed by atoms with Crippen molar-refractivity contribution in [2.24, 2.45) is 0 Å². The van der Waals surface area contributed by atoms with Crippen LogP contribution in [0.3, 0.4) is 0 Å². The fraction of sp³-hybridized carbons (Fsp3) is 0.500. The Morgan fingerprint density at radius 3 is 2.45 bits per heavy atom. The van der Waals surface area contributed by atoms with E-state index in [0.29, 0.717) is 5.56 Å². The van der Waals surface area contributed by atoms with Crippen molar-refractivity contribution in [3.8, 4) is 0 Å². The number of ether oxygens (including phenoxy) is 3. The van der Waals surface area contributed by atoms with E-state index in [0.717, 1.165) is 0 Å². The second kappa shape index (κ2) is 6.32. The van der Waals surface area contributed by atoms with Crippen molar-refractivity contribution in [1.29, 1.82) is 0 Å². The molecule has 2 N–H and O–H groups in total. The van der Waals surface area contributed by atoms with E-state index in [-0.39, 0.29) is 0 Å². The molecule has 0 amide bonds. The maximum atomic E-state index is 12.0. The Hall–Kier alpha value is -1.47. The number of methoxy groups -OCH3 is 1. The molecule has 5 atom stereocenters. The summed E-state index contributed by atoms with van der Waals surface area (Å²) < 4.78 is 15.5. The summed E-state index contributed by atoms with van der Waals surface area (Å²) in [6.07, 6.45) is -5.03. The van der Waals surface area contributed by atoms with Crippen LogP contribution in [0.25, 0.3) is 0 Å². The second-order valence-electron chi connectivity index (χ2n) is 4.66. The first-order chi connectivity index (χ1) is 9.54. The SMILES string of the molecule is CO[C@H]1O[C@@H](C)[C@H](OC(=O)c2ccccc2)[C@@H](O)[C@H]1O. The van der Waals surface area contributed by atoms with Crippen LogP contribution in [0.15, 0.2) is 30.3 Å². The number of hydrogen-bond acceptors (Lipinski definition) is 6. The molecule has 6 heteroatoms. The standard InChI is InChI=1S/C14H18O6/c1-8-12(10(15)11(16)14(18-2)19-8)20-13(17)9-6-4-3-5-7-9/h3-8,10-12,14-16H,1-2H3/t8-,10-,11+,12-,14-/m0/s1. The number of esters is 1. The highest BCUT2D eigenvalue weighted by molar-refractivity contribution is 5.89. The Kier molecular flexibility index (Phi) is 4.72. The van der Waals surface area contributed by atoms with Gasteiger partial charge in [-0.1, -0.05) is 18.2 Å². The Morgan fingerprint density at radius 1 is 1.20 bits per heavy atom. The monoisotopic (exact) mass is 282 g/mol. The second-order valence-corrected chi connectivity index (χ2v) is 4.66. The predicted octanol–water partition coefficient (Wildman–Crippen LogP) is 0.325. The number of aliphatic hydroxyl groups is 2. The molecular formula is C14H18O6. The van der Waals surface area contributed by atoms with E-state index in [4.69, 9.17) is 14.2 Å². The van der Waals surface area contributed by atoms with Crippen LogP contribution in [-0.2, 0) is 14.2 Å². The maximum absolute atomic E-state index is 12.0. The van der Waals surface area contributed by atoms with Gasteiger partial charge in [-0.3, -0.25) is 0 Å². The summed E-state index contributed by atoms with van der Waals surface area (Å²) in [5.41, 5.74) is 0.371. The molecule has 0 radical (unpaired) electrons. The number of aliphatic hydroxyl groups excluding tert-OH is 2. The molecule has 1 heterocycles. The Labute approximate surface area is 116 Å². The van der Waals surface area contributed by atoms with Gasteiger partial charge in [0, 0.05) is 7.11 Å². The molecular weight excluding hydrogens is 264 g/mol. The lowest BCUT2D eigenvalue weighted by Gasteiger charge is -2.40. The smallest absolute Gasteiger partial charge is 0.338 e. The molecule has 6 nitrogen and oxygen atoms in total. The van der Waals surface area contributed by atoms with Crippen molar-refractivity contribution in [2.45, 2.75) is 37.6 Å². The van der Waals surface area contributed by atoms with Crippen LogP contribution in [0.4, 0.5) is 0 Å². The molecule has 20 heavy (non-hydrogen) atoms. The number of benzene rings is 1. The average Bonchev–Trinajstić information content (AvgIpc) is 2.48. The molecule has 2 rings (SSSR count). The first-order valence-corrected chi connectivity index (χ1v) is 6.35. The molecule has 0 aromatic heterocycles. The summed E-state index contributed by atoms with van der Waals surface area (Å²) in [5.74, 6) is -0.576. The van der Waals surface area contributed by atoms with E-state index in [1.165, 1.54) is 7.11 Å².